The van der Waals surface area contributed by atoms with E-state index in [1.54, 1.807) is 12.1 Å². The molecule has 3 rings (SSSR count). The highest BCUT2D eigenvalue weighted by Crippen LogP contribution is 2.26. The third-order valence-electron chi connectivity index (χ3n) is 2.76. The second-order valence-electron chi connectivity index (χ2n) is 3.90. The van der Waals surface area contributed by atoms with Crippen molar-refractivity contribution in [2.45, 2.75) is 0 Å². The van der Waals surface area contributed by atoms with E-state index in [-0.39, 0.29) is 5.82 Å². The summed E-state index contributed by atoms with van der Waals surface area (Å²) in [5, 5.41) is 1.21. The zero-order chi connectivity index (χ0) is 12.5. The number of fused-ring (bicyclic) bond motifs is 1. The van der Waals surface area contributed by atoms with Crippen molar-refractivity contribution in [2.75, 3.05) is 0 Å². The Morgan fingerprint density at radius 1 is 0.889 bits per heavy atom. The fourth-order valence-electron chi connectivity index (χ4n) is 1.85. The average molecular weight is 259 g/mol. The molecule has 0 spiro atoms. The van der Waals surface area contributed by atoms with Crippen molar-refractivity contribution in [2.24, 2.45) is 0 Å². The van der Waals surface area contributed by atoms with Gasteiger partial charge < -0.3 is 0 Å². The number of hydrogen-bond donors (Lipinski definition) is 0. The van der Waals surface area contributed by atoms with E-state index in [0.717, 1.165) is 22.0 Å². The lowest BCUT2D eigenvalue weighted by Gasteiger charge is -2.04. The number of nitrogens with zero attached hydrogens (tertiary/aromatic N) is 2. The molecule has 0 radical (unpaired) electrons. The highest BCUT2D eigenvalue weighted by atomic mass is 35.5. The van der Waals surface area contributed by atoms with Crippen molar-refractivity contribution >= 4 is 22.5 Å². The van der Waals surface area contributed by atoms with Gasteiger partial charge in [-0.2, -0.15) is 0 Å². The van der Waals surface area contributed by atoms with Gasteiger partial charge in [-0.25, -0.2) is 14.4 Å². The molecule has 0 aliphatic carbocycles. The number of rotatable bonds is 1. The quantitative estimate of drug-likeness (QED) is 0.615. The summed E-state index contributed by atoms with van der Waals surface area (Å²) in [4.78, 5) is 8.09. The molecule has 4 heteroatoms. The first-order valence-corrected chi connectivity index (χ1v) is 5.78. The molecule has 0 bridgehead atoms. The Balaban J connectivity index is 2.18. The molecule has 0 unspecified atom stereocenters. The third-order valence-corrected chi connectivity index (χ3v) is 3.07. The number of hydrogen-bond acceptors (Lipinski definition) is 2. The zero-order valence-corrected chi connectivity index (χ0v) is 10.0. The Morgan fingerprint density at radius 2 is 1.61 bits per heavy atom. The van der Waals surface area contributed by atoms with Crippen molar-refractivity contribution < 1.29 is 4.39 Å². The Morgan fingerprint density at radius 3 is 2.39 bits per heavy atom. The van der Waals surface area contributed by atoms with Crippen molar-refractivity contribution in [3.8, 4) is 11.1 Å². The molecule has 18 heavy (non-hydrogen) atoms. The minimum Gasteiger partial charge on any atom is -0.236 e. The standard InChI is InChI=1S/C14H8ClFN2/c15-14-12-7-10(3-6-13(12)17-8-18-14)9-1-4-11(16)5-2-9/h1-8H. The predicted molar refractivity (Wildman–Crippen MR) is 69.9 cm³/mol. The van der Waals surface area contributed by atoms with E-state index in [4.69, 9.17) is 11.6 Å². The molecule has 0 aliphatic heterocycles. The van der Waals surface area contributed by atoms with Crippen LogP contribution in [-0.2, 0) is 0 Å². The van der Waals surface area contributed by atoms with Gasteiger partial charge in [-0.3, -0.25) is 0 Å². The van der Waals surface area contributed by atoms with Crippen LogP contribution in [0.25, 0.3) is 22.0 Å². The van der Waals surface area contributed by atoms with Crippen LogP contribution in [0, 0.1) is 5.82 Å². The fourth-order valence-corrected chi connectivity index (χ4v) is 2.04. The lowest BCUT2D eigenvalue weighted by atomic mass is 10.0. The fraction of sp³-hybridized carbons (Fsp3) is 0. The number of benzene rings is 2. The molecule has 0 atom stereocenters. The Kier molecular flexibility index (Phi) is 2.68. The van der Waals surface area contributed by atoms with Gasteiger partial charge in [0.2, 0.25) is 0 Å². The molecule has 1 aromatic heterocycles. The molecule has 0 saturated carbocycles. The van der Waals surface area contributed by atoms with Gasteiger partial charge in [0.1, 0.15) is 17.3 Å². The largest absolute Gasteiger partial charge is 0.236 e. The second-order valence-corrected chi connectivity index (χ2v) is 4.26. The van der Waals surface area contributed by atoms with Gasteiger partial charge in [0.05, 0.1) is 5.52 Å². The molecule has 1 heterocycles. The van der Waals surface area contributed by atoms with Crippen molar-refractivity contribution in [1.82, 2.24) is 9.97 Å². The maximum Gasteiger partial charge on any atom is 0.140 e. The van der Waals surface area contributed by atoms with Crippen LogP contribution in [0.2, 0.25) is 5.15 Å². The first-order chi connectivity index (χ1) is 8.74. The van der Waals surface area contributed by atoms with Crippen LogP contribution >= 0.6 is 11.6 Å². The van der Waals surface area contributed by atoms with Gasteiger partial charge >= 0.3 is 0 Å². The monoisotopic (exact) mass is 258 g/mol. The molecule has 0 saturated heterocycles. The molecule has 2 nitrogen and oxygen atoms in total. The summed E-state index contributed by atoms with van der Waals surface area (Å²) in [6, 6.07) is 12.0. The molecule has 0 N–H and O–H groups in total. The minimum atomic E-state index is -0.249. The lowest BCUT2D eigenvalue weighted by molar-refractivity contribution is 0.628. The van der Waals surface area contributed by atoms with E-state index in [9.17, 15) is 4.39 Å². The Bertz CT molecular complexity index is 711. The summed E-state index contributed by atoms with van der Waals surface area (Å²) in [6.07, 6.45) is 1.43. The smallest absolute Gasteiger partial charge is 0.140 e. The highest BCUT2D eigenvalue weighted by Gasteiger charge is 2.04. The van der Waals surface area contributed by atoms with Gasteiger partial charge in [0.25, 0.3) is 0 Å². The van der Waals surface area contributed by atoms with E-state index in [0.29, 0.717) is 5.15 Å². The van der Waals surface area contributed by atoms with Gasteiger partial charge in [0, 0.05) is 5.39 Å². The van der Waals surface area contributed by atoms with Crippen LogP contribution < -0.4 is 0 Å². The SMILES string of the molecule is Fc1ccc(-c2ccc3ncnc(Cl)c3c2)cc1. The van der Waals surface area contributed by atoms with E-state index < -0.39 is 0 Å². The third kappa shape index (κ3) is 1.93. The molecule has 88 valence electrons. The van der Waals surface area contributed by atoms with E-state index >= 15 is 0 Å². The second kappa shape index (κ2) is 4.35. The van der Waals surface area contributed by atoms with Crippen LogP contribution in [0.4, 0.5) is 4.39 Å². The molecular weight excluding hydrogens is 251 g/mol. The lowest BCUT2D eigenvalue weighted by Crippen LogP contribution is -1.85. The summed E-state index contributed by atoms with van der Waals surface area (Å²) in [7, 11) is 0. The maximum absolute atomic E-state index is 12.9. The topological polar surface area (TPSA) is 25.8 Å². The first kappa shape index (κ1) is 11.1. The van der Waals surface area contributed by atoms with Crippen molar-refractivity contribution in [3.63, 3.8) is 0 Å². The summed E-state index contributed by atoms with van der Waals surface area (Å²) >= 11 is 6.03. The van der Waals surface area contributed by atoms with Crippen LogP contribution in [0.5, 0.6) is 0 Å². The average Bonchev–Trinajstić information content (AvgIpc) is 2.40. The molecule has 3 aromatic rings. The van der Waals surface area contributed by atoms with Crippen LogP contribution in [0.3, 0.4) is 0 Å². The minimum absolute atomic E-state index is 0.249. The molecule has 0 amide bonds. The summed E-state index contributed by atoms with van der Waals surface area (Å²) in [5.74, 6) is -0.249. The number of halogens is 2. The van der Waals surface area contributed by atoms with Gasteiger partial charge in [-0.05, 0) is 35.4 Å². The van der Waals surface area contributed by atoms with Crippen LogP contribution in [-0.4, -0.2) is 9.97 Å². The normalized spacial score (nSPS) is 10.8. The molecule has 0 aliphatic rings. The highest BCUT2D eigenvalue weighted by molar-refractivity contribution is 6.34. The van der Waals surface area contributed by atoms with Crippen LogP contribution in [0.1, 0.15) is 0 Å². The predicted octanol–water partition coefficient (Wildman–Crippen LogP) is 4.09. The molecule has 2 aromatic carbocycles. The van der Waals surface area contributed by atoms with E-state index in [1.807, 2.05) is 18.2 Å². The first-order valence-electron chi connectivity index (χ1n) is 5.40. The zero-order valence-electron chi connectivity index (χ0n) is 9.27. The van der Waals surface area contributed by atoms with Crippen LogP contribution in [0.15, 0.2) is 48.8 Å². The molecule has 0 fully saturated rings. The Hall–Kier alpha value is -2.00. The van der Waals surface area contributed by atoms with Crippen molar-refractivity contribution in [3.05, 3.63) is 59.8 Å². The summed E-state index contributed by atoms with van der Waals surface area (Å²) in [5.41, 5.74) is 2.68. The van der Waals surface area contributed by atoms with E-state index in [2.05, 4.69) is 9.97 Å². The maximum atomic E-state index is 12.9. The van der Waals surface area contributed by atoms with Crippen molar-refractivity contribution in [1.29, 1.82) is 0 Å². The Labute approximate surface area is 108 Å². The van der Waals surface area contributed by atoms with Gasteiger partial charge in [0.15, 0.2) is 0 Å². The summed E-state index contributed by atoms with van der Waals surface area (Å²) in [6.45, 7) is 0. The van der Waals surface area contributed by atoms with Gasteiger partial charge in [-0.1, -0.05) is 29.8 Å². The van der Waals surface area contributed by atoms with E-state index in [1.165, 1.54) is 18.5 Å². The summed E-state index contributed by atoms with van der Waals surface area (Å²) < 4.78 is 12.9. The van der Waals surface area contributed by atoms with Gasteiger partial charge in [-0.15, -0.1) is 0 Å². The number of aromatic nitrogens is 2. The molecular formula is C14H8ClFN2.